The lowest BCUT2D eigenvalue weighted by Crippen LogP contribution is -2.31. The van der Waals surface area contributed by atoms with Gasteiger partial charge in [0.2, 0.25) is 0 Å². The van der Waals surface area contributed by atoms with Crippen LogP contribution >= 0.6 is 0 Å². The van der Waals surface area contributed by atoms with Crippen LogP contribution in [0.25, 0.3) is 0 Å². The summed E-state index contributed by atoms with van der Waals surface area (Å²) in [7, 11) is 0. The quantitative estimate of drug-likeness (QED) is 0.254. The van der Waals surface area contributed by atoms with Gasteiger partial charge >= 0.3 is 0 Å². The Hall–Kier alpha value is -2.68. The summed E-state index contributed by atoms with van der Waals surface area (Å²) in [4.78, 5) is 42.4. The molecule has 0 aromatic heterocycles. The zero-order valence-electron chi connectivity index (χ0n) is 15.0. The first-order chi connectivity index (χ1) is 12.5. The molecule has 0 radical (unpaired) electrons. The molecular formula is C17H23N3O6. The maximum atomic E-state index is 12.4. The van der Waals surface area contributed by atoms with Crippen LogP contribution in [0.1, 0.15) is 41.0 Å². The Kier molecular flexibility index (Phi) is 6.90. The average molecular weight is 365 g/mol. The molecule has 1 heterocycles. The first-order valence-corrected chi connectivity index (χ1v) is 8.60. The van der Waals surface area contributed by atoms with Crippen LogP contribution in [0, 0.1) is 10.1 Å². The molecule has 26 heavy (non-hydrogen) atoms. The summed E-state index contributed by atoms with van der Waals surface area (Å²) in [6.45, 7) is 7.20. The smallest absolute Gasteiger partial charge is 0.294 e. The Morgan fingerprint density at radius 1 is 1.12 bits per heavy atom. The largest absolute Gasteiger partial charge is 0.492 e. The van der Waals surface area contributed by atoms with Crippen LogP contribution in [0.15, 0.2) is 18.2 Å². The molecule has 0 bridgehead atoms. The number of ether oxygens (including phenoxy) is 1. The predicted octanol–water partition coefficient (Wildman–Crippen LogP) is 1.60. The molecule has 0 atom stereocenters. The molecule has 1 aliphatic rings. The monoisotopic (exact) mass is 365 g/mol. The van der Waals surface area contributed by atoms with E-state index in [9.17, 15) is 19.7 Å². The number of nitrogens with zero attached hydrogens (tertiary/aromatic N) is 3. The van der Waals surface area contributed by atoms with Crippen molar-refractivity contribution in [3.05, 3.63) is 39.4 Å². The van der Waals surface area contributed by atoms with Gasteiger partial charge in [-0.1, -0.05) is 13.8 Å². The number of fused-ring (bicyclic) bond motifs is 1. The van der Waals surface area contributed by atoms with Crippen LogP contribution in [-0.2, 0) is 4.84 Å². The second kappa shape index (κ2) is 9.14. The van der Waals surface area contributed by atoms with Gasteiger partial charge in [-0.2, -0.15) is 0 Å². The van der Waals surface area contributed by atoms with Crippen molar-refractivity contribution in [2.45, 2.75) is 20.3 Å². The van der Waals surface area contributed by atoms with Crippen LogP contribution in [0.5, 0.6) is 5.75 Å². The third kappa shape index (κ3) is 4.69. The fourth-order valence-corrected chi connectivity index (χ4v) is 2.76. The first kappa shape index (κ1) is 19.6. The summed E-state index contributed by atoms with van der Waals surface area (Å²) in [5.74, 6) is -0.281. The second-order valence-electron chi connectivity index (χ2n) is 5.76. The normalized spacial score (nSPS) is 13.3. The number of rotatable bonds is 11. The molecule has 1 aromatic carbocycles. The Morgan fingerprint density at radius 2 is 1.81 bits per heavy atom. The highest BCUT2D eigenvalue weighted by atomic mass is 16.9. The van der Waals surface area contributed by atoms with E-state index in [1.807, 2.05) is 0 Å². The Bertz CT molecular complexity index is 674. The summed E-state index contributed by atoms with van der Waals surface area (Å²) >= 11 is 0. The first-order valence-electron chi connectivity index (χ1n) is 8.60. The highest BCUT2D eigenvalue weighted by Gasteiger charge is 2.35. The molecule has 0 unspecified atom stereocenters. The van der Waals surface area contributed by atoms with Gasteiger partial charge in [0.25, 0.3) is 16.9 Å². The maximum absolute atomic E-state index is 12.4. The summed E-state index contributed by atoms with van der Waals surface area (Å²) in [5.41, 5.74) is 0.617. The van der Waals surface area contributed by atoms with Crippen LogP contribution in [0.2, 0.25) is 0 Å². The molecule has 1 aromatic rings. The van der Waals surface area contributed by atoms with Gasteiger partial charge in [0, 0.05) is 13.1 Å². The van der Waals surface area contributed by atoms with E-state index in [0.29, 0.717) is 23.5 Å². The lowest BCUT2D eigenvalue weighted by atomic mass is 10.1. The topological polar surface area (TPSA) is 102 Å². The van der Waals surface area contributed by atoms with Gasteiger partial charge in [-0.05, 0) is 37.7 Å². The van der Waals surface area contributed by atoms with Gasteiger partial charge in [-0.15, -0.1) is 10.1 Å². The number of hydrogen-bond donors (Lipinski definition) is 0. The van der Waals surface area contributed by atoms with Crippen molar-refractivity contribution in [2.75, 3.05) is 39.4 Å². The SMILES string of the molecule is CCN(CC)CCOc1ccc2c(c1)C(=O)N(CCCO[N+](=O)[O-])C2=O. The van der Waals surface area contributed by atoms with E-state index in [1.165, 1.54) is 0 Å². The van der Waals surface area contributed by atoms with Gasteiger partial charge in [0.15, 0.2) is 0 Å². The van der Waals surface area contributed by atoms with Crippen molar-refractivity contribution < 1.29 is 24.3 Å². The standard InChI is InChI=1S/C17H23N3O6/c1-3-18(4-2)9-11-25-13-6-7-14-15(12-13)17(22)19(16(14)21)8-5-10-26-20(23)24/h6-7,12H,3-5,8-11H2,1-2H3. The molecule has 9 heteroatoms. The van der Waals surface area contributed by atoms with Crippen LogP contribution in [-0.4, -0.2) is 66.1 Å². The second-order valence-corrected chi connectivity index (χ2v) is 5.76. The van der Waals surface area contributed by atoms with Crippen molar-refractivity contribution in [3.63, 3.8) is 0 Å². The molecule has 142 valence electrons. The molecule has 0 aliphatic carbocycles. The number of amides is 2. The fourth-order valence-electron chi connectivity index (χ4n) is 2.76. The van der Waals surface area contributed by atoms with E-state index in [1.54, 1.807) is 18.2 Å². The molecule has 1 aliphatic heterocycles. The zero-order chi connectivity index (χ0) is 19.1. The van der Waals surface area contributed by atoms with Crippen LogP contribution in [0.3, 0.4) is 0 Å². The summed E-state index contributed by atoms with van der Waals surface area (Å²) in [5, 5.41) is 9.23. The number of likely N-dealkylation sites (N-methyl/N-ethyl adjacent to an activating group) is 1. The molecule has 0 spiro atoms. The Morgan fingerprint density at radius 3 is 2.46 bits per heavy atom. The van der Waals surface area contributed by atoms with E-state index in [2.05, 4.69) is 23.6 Å². The van der Waals surface area contributed by atoms with Crippen molar-refractivity contribution in [1.29, 1.82) is 0 Å². The molecule has 0 saturated carbocycles. The predicted molar refractivity (Wildman–Crippen MR) is 92.7 cm³/mol. The minimum absolute atomic E-state index is 0.0678. The molecule has 2 rings (SSSR count). The molecule has 9 nitrogen and oxygen atoms in total. The van der Waals surface area contributed by atoms with Crippen molar-refractivity contribution in [2.24, 2.45) is 0 Å². The zero-order valence-corrected chi connectivity index (χ0v) is 15.0. The highest BCUT2D eigenvalue weighted by molar-refractivity contribution is 6.21. The summed E-state index contributed by atoms with van der Waals surface area (Å²) in [6, 6.07) is 4.83. The van der Waals surface area contributed by atoms with E-state index < -0.39 is 16.9 Å². The number of carbonyl (C=O) groups excluding carboxylic acids is 2. The molecule has 0 N–H and O–H groups in total. The molecular weight excluding hydrogens is 342 g/mol. The van der Waals surface area contributed by atoms with Gasteiger partial charge in [-0.25, -0.2) is 0 Å². The number of imide groups is 1. The van der Waals surface area contributed by atoms with Crippen LogP contribution in [0.4, 0.5) is 0 Å². The Balaban J connectivity index is 1.95. The third-order valence-electron chi connectivity index (χ3n) is 4.24. The van der Waals surface area contributed by atoms with E-state index >= 15 is 0 Å². The van der Waals surface area contributed by atoms with Crippen molar-refractivity contribution in [3.8, 4) is 5.75 Å². The van der Waals surface area contributed by atoms with E-state index in [0.717, 1.165) is 24.5 Å². The molecule has 0 saturated heterocycles. The van der Waals surface area contributed by atoms with E-state index in [4.69, 9.17) is 4.74 Å². The van der Waals surface area contributed by atoms with Gasteiger partial charge in [0.05, 0.1) is 17.7 Å². The molecule has 0 fully saturated rings. The lowest BCUT2D eigenvalue weighted by Gasteiger charge is -2.18. The van der Waals surface area contributed by atoms with Gasteiger partial charge in [-0.3, -0.25) is 14.5 Å². The highest BCUT2D eigenvalue weighted by Crippen LogP contribution is 2.27. The lowest BCUT2D eigenvalue weighted by molar-refractivity contribution is -0.757. The summed E-state index contributed by atoms with van der Waals surface area (Å²) < 4.78 is 5.69. The Labute approximate surface area is 151 Å². The fraction of sp³-hybridized carbons (Fsp3) is 0.529. The third-order valence-corrected chi connectivity index (χ3v) is 4.24. The minimum Gasteiger partial charge on any atom is -0.492 e. The average Bonchev–Trinajstić information content (AvgIpc) is 2.86. The van der Waals surface area contributed by atoms with Gasteiger partial charge < -0.3 is 14.5 Å². The van der Waals surface area contributed by atoms with Crippen molar-refractivity contribution in [1.82, 2.24) is 9.80 Å². The van der Waals surface area contributed by atoms with Crippen LogP contribution < -0.4 is 4.74 Å². The minimum atomic E-state index is -0.899. The number of hydrogen-bond acceptors (Lipinski definition) is 7. The van der Waals surface area contributed by atoms with Gasteiger partial charge in [0.1, 0.15) is 12.4 Å². The number of benzene rings is 1. The summed E-state index contributed by atoms with van der Waals surface area (Å²) in [6.07, 6.45) is 0.194. The maximum Gasteiger partial charge on any atom is 0.294 e. The molecule has 2 amide bonds. The van der Waals surface area contributed by atoms with Crippen molar-refractivity contribution >= 4 is 11.8 Å². The van der Waals surface area contributed by atoms with E-state index in [-0.39, 0.29) is 19.6 Å². The number of carbonyl (C=O) groups is 2.